The molecule has 1 aliphatic carbocycles. The molecule has 0 N–H and O–H groups in total. The Kier molecular flexibility index (Phi) is 7.33. The van der Waals surface area contributed by atoms with E-state index < -0.39 is 0 Å². The third-order valence-electron chi connectivity index (χ3n) is 11.9. The molecule has 0 bridgehead atoms. The van der Waals surface area contributed by atoms with Crippen LogP contribution in [0.1, 0.15) is 23.6 Å². The Balaban J connectivity index is 1.14. The Morgan fingerprint density at radius 1 is 0.357 bits per heavy atom. The van der Waals surface area contributed by atoms with Gasteiger partial charge in [0.15, 0.2) is 5.82 Å². The van der Waals surface area contributed by atoms with Gasteiger partial charge in [-0.1, -0.05) is 182 Å². The summed E-state index contributed by atoms with van der Waals surface area (Å²) in [6, 6.07) is 72.3. The first-order valence-corrected chi connectivity index (χ1v) is 19.3. The van der Waals surface area contributed by atoms with Crippen molar-refractivity contribution in [3.05, 3.63) is 217 Å². The molecule has 2 heteroatoms. The van der Waals surface area contributed by atoms with E-state index in [0.29, 0.717) is 5.82 Å². The molecule has 0 aliphatic heterocycles. The molecule has 1 unspecified atom stereocenters. The van der Waals surface area contributed by atoms with Crippen LogP contribution in [0.5, 0.6) is 0 Å². The maximum absolute atomic E-state index is 5.35. The first-order chi connectivity index (χ1) is 27.6. The predicted octanol–water partition coefficient (Wildman–Crippen LogP) is 13.9. The number of hydrogen-bond acceptors (Lipinski definition) is 2. The van der Waals surface area contributed by atoms with Crippen molar-refractivity contribution in [2.24, 2.45) is 0 Å². The second kappa shape index (κ2) is 12.7. The SMILES string of the molecule is CC1(c2ccccc2)c2ccccc2-c2c(-c3cc(-c4cccc(-c5c6ccccc6cc6c5ccc5ccccc56)c4)nc(-c4ccccc4)n3)cccc21. The lowest BCUT2D eigenvalue weighted by Crippen LogP contribution is -2.22. The van der Waals surface area contributed by atoms with Crippen LogP contribution in [0.3, 0.4) is 0 Å². The van der Waals surface area contributed by atoms with E-state index in [0.717, 1.165) is 33.6 Å². The van der Waals surface area contributed by atoms with E-state index in [2.05, 4.69) is 201 Å². The van der Waals surface area contributed by atoms with Crippen LogP contribution < -0.4 is 0 Å². The van der Waals surface area contributed by atoms with Crippen LogP contribution in [-0.4, -0.2) is 9.97 Å². The number of hydrogen-bond donors (Lipinski definition) is 0. The lowest BCUT2D eigenvalue weighted by molar-refractivity contribution is 0.714. The zero-order chi connectivity index (χ0) is 37.2. The van der Waals surface area contributed by atoms with E-state index in [4.69, 9.17) is 9.97 Å². The van der Waals surface area contributed by atoms with Gasteiger partial charge >= 0.3 is 0 Å². The van der Waals surface area contributed by atoms with E-state index in [-0.39, 0.29) is 5.41 Å². The normalized spacial score (nSPS) is 14.6. The van der Waals surface area contributed by atoms with Gasteiger partial charge in [-0.25, -0.2) is 9.97 Å². The Hall–Kier alpha value is -7.16. The van der Waals surface area contributed by atoms with Crippen LogP contribution in [0.4, 0.5) is 0 Å². The standard InChI is InChI=1S/C54H36N2/c1-54(40-22-6-3-7-23-40)47-28-13-12-26-44(47)52-45(27-15-29-48(52)54)50-34-49(55-53(56-50)36-17-4-2-5-18-36)38-20-14-21-39(32-38)51-42-25-11-9-19-37(42)33-46-41-24-10-8-16-35(41)30-31-43(46)51/h2-34H,1H3. The number of nitrogens with zero attached hydrogens (tertiary/aromatic N) is 2. The summed E-state index contributed by atoms with van der Waals surface area (Å²) in [6.07, 6.45) is 0. The van der Waals surface area contributed by atoms with Crippen molar-refractivity contribution >= 4 is 32.3 Å². The number of aromatic nitrogens is 2. The number of rotatable bonds is 5. The smallest absolute Gasteiger partial charge is 0.160 e. The molecule has 1 atom stereocenters. The van der Waals surface area contributed by atoms with Crippen LogP contribution in [0, 0.1) is 0 Å². The Morgan fingerprint density at radius 2 is 0.982 bits per heavy atom. The first kappa shape index (κ1) is 32.3. The van der Waals surface area contributed by atoms with E-state index in [1.165, 1.54) is 65.7 Å². The van der Waals surface area contributed by atoms with Gasteiger partial charge in [0.2, 0.25) is 0 Å². The van der Waals surface area contributed by atoms with Crippen molar-refractivity contribution in [3.63, 3.8) is 0 Å². The minimum atomic E-state index is -0.303. The monoisotopic (exact) mass is 712 g/mol. The highest BCUT2D eigenvalue weighted by molar-refractivity contribution is 6.20. The molecule has 0 amide bonds. The molecule has 0 saturated carbocycles. The minimum Gasteiger partial charge on any atom is -0.228 e. The number of benzene rings is 9. The summed E-state index contributed by atoms with van der Waals surface area (Å²) < 4.78 is 0. The summed E-state index contributed by atoms with van der Waals surface area (Å²) in [5, 5.41) is 7.48. The highest BCUT2D eigenvalue weighted by Crippen LogP contribution is 2.55. The average Bonchev–Trinajstić information content (AvgIpc) is 3.54. The largest absolute Gasteiger partial charge is 0.228 e. The summed E-state index contributed by atoms with van der Waals surface area (Å²) in [4.78, 5) is 10.7. The molecular weight excluding hydrogens is 677 g/mol. The van der Waals surface area contributed by atoms with Crippen LogP contribution in [-0.2, 0) is 5.41 Å². The lowest BCUT2D eigenvalue weighted by atomic mass is 9.74. The fourth-order valence-electron chi connectivity index (χ4n) is 9.25. The van der Waals surface area contributed by atoms with Gasteiger partial charge in [0.25, 0.3) is 0 Å². The lowest BCUT2D eigenvalue weighted by Gasteiger charge is -2.28. The second-order valence-electron chi connectivity index (χ2n) is 15.0. The molecule has 11 rings (SSSR count). The highest BCUT2D eigenvalue weighted by Gasteiger charge is 2.41. The second-order valence-corrected chi connectivity index (χ2v) is 15.0. The zero-order valence-electron chi connectivity index (χ0n) is 30.9. The van der Waals surface area contributed by atoms with Gasteiger partial charge in [-0.15, -0.1) is 0 Å². The summed E-state index contributed by atoms with van der Waals surface area (Å²) >= 11 is 0. The van der Waals surface area contributed by atoms with Gasteiger partial charge < -0.3 is 0 Å². The van der Waals surface area contributed by atoms with Crippen molar-refractivity contribution in [1.29, 1.82) is 0 Å². The summed E-state index contributed by atoms with van der Waals surface area (Å²) in [5.41, 5.74) is 13.4. The zero-order valence-corrected chi connectivity index (χ0v) is 30.9. The van der Waals surface area contributed by atoms with Crippen molar-refractivity contribution in [1.82, 2.24) is 9.97 Å². The van der Waals surface area contributed by atoms with Gasteiger partial charge in [-0.05, 0) is 96.4 Å². The van der Waals surface area contributed by atoms with Crippen molar-refractivity contribution in [2.75, 3.05) is 0 Å². The molecule has 0 fully saturated rings. The van der Waals surface area contributed by atoms with E-state index in [9.17, 15) is 0 Å². The van der Waals surface area contributed by atoms with Gasteiger partial charge in [-0.3, -0.25) is 0 Å². The molecule has 2 nitrogen and oxygen atoms in total. The van der Waals surface area contributed by atoms with Crippen molar-refractivity contribution in [2.45, 2.75) is 12.3 Å². The molecule has 0 spiro atoms. The molecule has 0 saturated heterocycles. The number of fused-ring (bicyclic) bond motifs is 7. The van der Waals surface area contributed by atoms with Crippen LogP contribution in [0.15, 0.2) is 200 Å². The molecular formula is C54H36N2. The fourth-order valence-corrected chi connectivity index (χ4v) is 9.25. The predicted molar refractivity (Wildman–Crippen MR) is 234 cm³/mol. The Labute approximate surface area is 326 Å². The molecule has 10 aromatic rings. The maximum atomic E-state index is 5.35. The quantitative estimate of drug-likeness (QED) is 0.131. The van der Waals surface area contributed by atoms with E-state index >= 15 is 0 Å². The van der Waals surface area contributed by atoms with Gasteiger partial charge in [0, 0.05) is 22.1 Å². The van der Waals surface area contributed by atoms with E-state index in [1.807, 2.05) is 6.07 Å². The minimum absolute atomic E-state index is 0.303. The first-order valence-electron chi connectivity index (χ1n) is 19.3. The fraction of sp³-hybridized carbons (Fsp3) is 0.0370. The average molecular weight is 713 g/mol. The van der Waals surface area contributed by atoms with E-state index in [1.54, 1.807) is 0 Å². The molecule has 9 aromatic carbocycles. The van der Waals surface area contributed by atoms with Crippen LogP contribution in [0.2, 0.25) is 0 Å². The Morgan fingerprint density at radius 3 is 1.84 bits per heavy atom. The summed E-state index contributed by atoms with van der Waals surface area (Å²) in [7, 11) is 0. The third-order valence-corrected chi connectivity index (χ3v) is 11.9. The highest BCUT2D eigenvalue weighted by atomic mass is 14.9. The molecule has 56 heavy (non-hydrogen) atoms. The molecule has 1 aliphatic rings. The third kappa shape index (κ3) is 4.96. The van der Waals surface area contributed by atoms with Crippen LogP contribution in [0.25, 0.3) is 88.5 Å². The molecule has 0 radical (unpaired) electrons. The maximum Gasteiger partial charge on any atom is 0.160 e. The van der Waals surface area contributed by atoms with Crippen molar-refractivity contribution in [3.8, 4) is 56.2 Å². The van der Waals surface area contributed by atoms with Crippen LogP contribution >= 0.6 is 0 Å². The summed E-state index contributed by atoms with van der Waals surface area (Å²) in [6.45, 7) is 2.36. The van der Waals surface area contributed by atoms with Gasteiger partial charge in [-0.2, -0.15) is 0 Å². The molecule has 262 valence electrons. The topological polar surface area (TPSA) is 25.8 Å². The van der Waals surface area contributed by atoms with Gasteiger partial charge in [0.05, 0.1) is 11.4 Å². The van der Waals surface area contributed by atoms with Crippen molar-refractivity contribution < 1.29 is 0 Å². The molecule has 1 aromatic heterocycles. The Bertz CT molecular complexity index is 3150. The van der Waals surface area contributed by atoms with Gasteiger partial charge in [0.1, 0.15) is 0 Å². The molecule has 1 heterocycles. The summed E-state index contributed by atoms with van der Waals surface area (Å²) in [5.74, 6) is 0.709.